The minimum Gasteiger partial charge on any atom is -0.514 e. The van der Waals surface area contributed by atoms with Gasteiger partial charge in [0, 0.05) is 0 Å². The second-order valence-corrected chi connectivity index (χ2v) is 1.85. The van der Waals surface area contributed by atoms with E-state index in [2.05, 4.69) is 0 Å². The van der Waals surface area contributed by atoms with Crippen molar-refractivity contribution in [2.45, 2.75) is 0 Å². The van der Waals surface area contributed by atoms with Crippen LogP contribution in [0.3, 0.4) is 0 Å². The molecule has 0 heterocycles. The average molecular weight is 134 g/mol. The number of aliphatic hydroxyl groups excluding tert-OH is 1. The Bertz CT molecular complexity index is 118. The molecule has 0 radical (unpaired) electrons. The number of carboxylic acid groups (broad SMARTS) is 1. The van der Waals surface area contributed by atoms with E-state index in [0.717, 1.165) is 11.8 Å². The first kappa shape index (κ1) is 7.36. The lowest BCUT2D eigenvalue weighted by Crippen LogP contribution is -1.95. The highest BCUT2D eigenvalue weighted by atomic mass is 32.2. The van der Waals surface area contributed by atoms with Gasteiger partial charge in [-0.25, -0.2) is 4.79 Å². The summed E-state index contributed by atoms with van der Waals surface area (Å²) in [7, 11) is 0. The van der Waals surface area contributed by atoms with Crippen LogP contribution >= 0.6 is 11.8 Å². The SMILES string of the molecule is CS/C(=C\O)C(=O)O. The molecule has 0 rings (SSSR count). The van der Waals surface area contributed by atoms with Crippen LogP contribution in [-0.2, 0) is 4.79 Å². The normalized spacial score (nSPS) is 11.4. The van der Waals surface area contributed by atoms with Gasteiger partial charge in [-0.05, 0) is 6.26 Å². The van der Waals surface area contributed by atoms with Crippen LogP contribution in [0.4, 0.5) is 0 Å². The third-order valence-electron chi connectivity index (χ3n) is 0.548. The van der Waals surface area contributed by atoms with Crippen LogP contribution in [0.2, 0.25) is 0 Å². The topological polar surface area (TPSA) is 57.5 Å². The van der Waals surface area contributed by atoms with Gasteiger partial charge in [-0.1, -0.05) is 0 Å². The molecule has 46 valence electrons. The molecular formula is C4H6O3S. The highest BCUT2D eigenvalue weighted by Gasteiger charge is 2.02. The van der Waals surface area contributed by atoms with Gasteiger partial charge < -0.3 is 10.2 Å². The molecule has 0 aliphatic heterocycles. The summed E-state index contributed by atoms with van der Waals surface area (Å²) >= 11 is 0.990. The van der Waals surface area contributed by atoms with Gasteiger partial charge in [0.1, 0.15) is 11.2 Å². The van der Waals surface area contributed by atoms with Crippen molar-refractivity contribution in [3.63, 3.8) is 0 Å². The van der Waals surface area contributed by atoms with Gasteiger partial charge in [0.05, 0.1) is 0 Å². The molecule has 0 unspecified atom stereocenters. The van der Waals surface area contributed by atoms with E-state index < -0.39 is 5.97 Å². The van der Waals surface area contributed by atoms with Gasteiger partial charge in [-0.3, -0.25) is 0 Å². The molecule has 0 fully saturated rings. The second kappa shape index (κ2) is 3.37. The average Bonchev–Trinajstić information content (AvgIpc) is 1.69. The Hall–Kier alpha value is -0.640. The predicted molar refractivity (Wildman–Crippen MR) is 31.9 cm³/mol. The molecule has 0 atom stereocenters. The molecule has 0 aliphatic carbocycles. The molecule has 0 bridgehead atoms. The molecule has 0 saturated heterocycles. The number of aliphatic carboxylic acids is 1. The van der Waals surface area contributed by atoms with Crippen molar-refractivity contribution in [1.82, 2.24) is 0 Å². The van der Waals surface area contributed by atoms with Gasteiger partial charge in [-0.2, -0.15) is 0 Å². The van der Waals surface area contributed by atoms with Crippen LogP contribution in [0.1, 0.15) is 0 Å². The Kier molecular flexibility index (Phi) is 3.10. The molecule has 0 aromatic rings. The van der Waals surface area contributed by atoms with Crippen molar-refractivity contribution in [1.29, 1.82) is 0 Å². The quantitative estimate of drug-likeness (QED) is 0.434. The van der Waals surface area contributed by atoms with Crippen molar-refractivity contribution < 1.29 is 15.0 Å². The zero-order valence-corrected chi connectivity index (χ0v) is 5.10. The van der Waals surface area contributed by atoms with Crippen molar-refractivity contribution in [2.75, 3.05) is 6.26 Å². The highest BCUT2D eigenvalue weighted by molar-refractivity contribution is 8.03. The fourth-order valence-electron chi connectivity index (χ4n) is 0.195. The van der Waals surface area contributed by atoms with Gasteiger partial charge in [0.15, 0.2) is 0 Å². The molecule has 0 spiro atoms. The van der Waals surface area contributed by atoms with E-state index >= 15 is 0 Å². The van der Waals surface area contributed by atoms with Crippen molar-refractivity contribution in [3.05, 3.63) is 11.2 Å². The molecule has 8 heavy (non-hydrogen) atoms. The first-order chi connectivity index (χ1) is 3.72. The molecule has 0 aromatic heterocycles. The van der Waals surface area contributed by atoms with Crippen LogP contribution in [0.15, 0.2) is 11.2 Å². The van der Waals surface area contributed by atoms with E-state index in [9.17, 15) is 4.79 Å². The summed E-state index contributed by atoms with van der Waals surface area (Å²) < 4.78 is 0. The number of aliphatic hydroxyl groups is 1. The van der Waals surface area contributed by atoms with Gasteiger partial charge >= 0.3 is 5.97 Å². The smallest absolute Gasteiger partial charge is 0.345 e. The molecule has 0 aromatic carbocycles. The number of hydrogen-bond acceptors (Lipinski definition) is 3. The van der Waals surface area contributed by atoms with Crippen LogP contribution in [0, 0.1) is 0 Å². The summed E-state index contributed by atoms with van der Waals surface area (Å²) in [4.78, 5) is 9.86. The number of hydrogen-bond donors (Lipinski definition) is 2. The summed E-state index contributed by atoms with van der Waals surface area (Å²) in [6.07, 6.45) is 2.16. The molecule has 0 aliphatic rings. The summed E-state index contributed by atoms with van der Waals surface area (Å²) in [6.45, 7) is 0. The molecule has 0 saturated carbocycles. The third kappa shape index (κ3) is 1.88. The van der Waals surface area contributed by atoms with E-state index in [1.807, 2.05) is 0 Å². The van der Waals surface area contributed by atoms with Gasteiger partial charge in [0.2, 0.25) is 0 Å². The maximum Gasteiger partial charge on any atom is 0.345 e. The number of thioether (sulfide) groups is 1. The van der Waals surface area contributed by atoms with E-state index in [1.165, 1.54) is 0 Å². The van der Waals surface area contributed by atoms with E-state index in [1.54, 1.807) is 6.26 Å². The maximum atomic E-state index is 9.91. The summed E-state index contributed by atoms with van der Waals surface area (Å²) in [6, 6.07) is 0. The van der Waals surface area contributed by atoms with Gasteiger partial charge in [0.25, 0.3) is 0 Å². The Morgan fingerprint density at radius 2 is 2.25 bits per heavy atom. The molecule has 4 heteroatoms. The van der Waals surface area contributed by atoms with E-state index in [0.29, 0.717) is 6.26 Å². The summed E-state index contributed by atoms with van der Waals surface area (Å²) in [5.41, 5.74) is 0. The number of carboxylic acids is 1. The molecule has 0 amide bonds. The van der Waals surface area contributed by atoms with Crippen LogP contribution in [0.25, 0.3) is 0 Å². The second-order valence-electron chi connectivity index (χ2n) is 1.00. The zero-order chi connectivity index (χ0) is 6.57. The minimum atomic E-state index is -1.10. The molecule has 3 nitrogen and oxygen atoms in total. The Balaban J connectivity index is 3.92. The summed E-state index contributed by atoms with van der Waals surface area (Å²) in [5.74, 6) is -1.10. The lowest BCUT2D eigenvalue weighted by atomic mass is 10.6. The number of carbonyl (C=O) groups is 1. The van der Waals surface area contributed by atoms with Crippen molar-refractivity contribution in [3.8, 4) is 0 Å². The largest absolute Gasteiger partial charge is 0.514 e. The van der Waals surface area contributed by atoms with E-state index in [4.69, 9.17) is 10.2 Å². The summed E-state index contributed by atoms with van der Waals surface area (Å²) in [5, 5.41) is 16.3. The first-order valence-corrected chi connectivity index (χ1v) is 3.06. The minimum absolute atomic E-state index is 0.0509. The van der Waals surface area contributed by atoms with Crippen LogP contribution in [0.5, 0.6) is 0 Å². The zero-order valence-electron chi connectivity index (χ0n) is 4.29. The Morgan fingerprint density at radius 3 is 2.25 bits per heavy atom. The van der Waals surface area contributed by atoms with Gasteiger partial charge in [-0.15, -0.1) is 11.8 Å². The lowest BCUT2D eigenvalue weighted by Gasteiger charge is -1.89. The molecular weight excluding hydrogens is 128 g/mol. The Labute approximate surface area is 51.0 Å². The van der Waals surface area contributed by atoms with Crippen LogP contribution in [-0.4, -0.2) is 22.4 Å². The number of rotatable bonds is 2. The van der Waals surface area contributed by atoms with E-state index in [-0.39, 0.29) is 4.91 Å². The Morgan fingerprint density at radius 1 is 1.75 bits per heavy atom. The molecule has 2 N–H and O–H groups in total. The van der Waals surface area contributed by atoms with Crippen molar-refractivity contribution >= 4 is 17.7 Å². The monoisotopic (exact) mass is 134 g/mol. The predicted octanol–water partition coefficient (Wildman–Crippen LogP) is 0.833. The van der Waals surface area contributed by atoms with Crippen LogP contribution < -0.4 is 0 Å². The fourth-order valence-corrected chi connectivity index (χ4v) is 0.475. The standard InChI is InChI=1S/C4H6O3S/c1-8-3(2-5)4(6)7/h2,5H,1H3,(H,6,7)/b3-2-. The fraction of sp³-hybridized carbons (Fsp3) is 0.250. The first-order valence-electron chi connectivity index (χ1n) is 1.84. The maximum absolute atomic E-state index is 9.91. The third-order valence-corrected chi connectivity index (χ3v) is 1.27. The lowest BCUT2D eigenvalue weighted by molar-refractivity contribution is -0.131. The van der Waals surface area contributed by atoms with Crippen molar-refractivity contribution in [2.24, 2.45) is 0 Å². The highest BCUT2D eigenvalue weighted by Crippen LogP contribution is 2.08.